The van der Waals surface area contributed by atoms with Gasteiger partial charge in [-0.1, -0.05) is 26.0 Å². The van der Waals surface area contributed by atoms with Gasteiger partial charge in [0, 0.05) is 1.43 Å². The molecule has 60 valence electrons. The summed E-state index contributed by atoms with van der Waals surface area (Å²) >= 11 is 0. The zero-order valence-corrected chi connectivity index (χ0v) is 6.83. The number of nitrogens with zero attached hydrogens (tertiary/aromatic N) is 1. The summed E-state index contributed by atoms with van der Waals surface area (Å²) in [4.78, 5) is 7.07. The second-order valence-electron chi connectivity index (χ2n) is 1.92. The molecule has 2 aromatic rings. The van der Waals surface area contributed by atoms with Crippen LogP contribution in [0.3, 0.4) is 0 Å². The van der Waals surface area contributed by atoms with Crippen molar-refractivity contribution in [3.8, 4) is 0 Å². The summed E-state index contributed by atoms with van der Waals surface area (Å²) in [5.74, 6) is 0. The van der Waals surface area contributed by atoms with Crippen molar-refractivity contribution >= 4 is 11.0 Å². The molecule has 0 unspecified atom stereocenters. The SMILES string of the molecule is CC.[HH].c1ccc2[nH]cnc2c1. The first-order chi connectivity index (χ1) is 5.47. The molecule has 0 bridgehead atoms. The molecule has 0 spiro atoms. The number of hydrogen-bond donors (Lipinski definition) is 1. The van der Waals surface area contributed by atoms with Crippen LogP contribution in [-0.2, 0) is 0 Å². The van der Waals surface area contributed by atoms with Crippen LogP contribution in [0.25, 0.3) is 11.0 Å². The maximum absolute atomic E-state index is 4.06. The lowest BCUT2D eigenvalue weighted by Gasteiger charge is -1.81. The third kappa shape index (κ3) is 1.58. The average molecular weight is 150 g/mol. The predicted octanol–water partition coefficient (Wildman–Crippen LogP) is 2.84. The summed E-state index contributed by atoms with van der Waals surface area (Å²) in [6.07, 6.45) is 1.70. The van der Waals surface area contributed by atoms with Crippen molar-refractivity contribution in [2.45, 2.75) is 13.8 Å². The van der Waals surface area contributed by atoms with E-state index in [-0.39, 0.29) is 1.43 Å². The second-order valence-corrected chi connectivity index (χ2v) is 1.92. The minimum atomic E-state index is 0. The molecule has 0 saturated carbocycles. The third-order valence-electron chi connectivity index (χ3n) is 1.33. The van der Waals surface area contributed by atoms with Gasteiger partial charge in [-0.25, -0.2) is 4.98 Å². The fourth-order valence-corrected chi connectivity index (χ4v) is 0.880. The Morgan fingerprint density at radius 2 is 2.00 bits per heavy atom. The van der Waals surface area contributed by atoms with E-state index in [2.05, 4.69) is 9.97 Å². The Morgan fingerprint density at radius 3 is 2.73 bits per heavy atom. The van der Waals surface area contributed by atoms with Crippen molar-refractivity contribution in [3.63, 3.8) is 0 Å². The molecule has 0 aliphatic heterocycles. The van der Waals surface area contributed by atoms with Crippen LogP contribution in [0, 0.1) is 0 Å². The van der Waals surface area contributed by atoms with Gasteiger partial charge in [-0.2, -0.15) is 0 Å². The molecule has 0 atom stereocenters. The topological polar surface area (TPSA) is 28.7 Å². The van der Waals surface area contributed by atoms with Gasteiger partial charge in [0.05, 0.1) is 17.4 Å². The number of aromatic nitrogens is 2. The van der Waals surface area contributed by atoms with E-state index in [0.29, 0.717) is 0 Å². The molecule has 2 nitrogen and oxygen atoms in total. The summed E-state index contributed by atoms with van der Waals surface area (Å²) < 4.78 is 0. The molecule has 2 heteroatoms. The summed E-state index contributed by atoms with van der Waals surface area (Å²) in [7, 11) is 0. The van der Waals surface area contributed by atoms with Gasteiger partial charge in [0.25, 0.3) is 0 Å². The Labute approximate surface area is 67.8 Å². The molecule has 0 aliphatic carbocycles. The molecule has 1 heterocycles. The van der Waals surface area contributed by atoms with Gasteiger partial charge in [0.15, 0.2) is 0 Å². The molecular formula is C9H14N2. The Hall–Kier alpha value is -1.31. The van der Waals surface area contributed by atoms with Gasteiger partial charge in [-0.3, -0.25) is 0 Å². The van der Waals surface area contributed by atoms with Gasteiger partial charge in [-0.05, 0) is 12.1 Å². The van der Waals surface area contributed by atoms with E-state index in [1.807, 2.05) is 38.1 Å². The number of benzene rings is 1. The molecule has 0 radical (unpaired) electrons. The van der Waals surface area contributed by atoms with Crippen LogP contribution in [0.5, 0.6) is 0 Å². The molecule has 11 heavy (non-hydrogen) atoms. The van der Waals surface area contributed by atoms with Crippen molar-refractivity contribution in [3.05, 3.63) is 30.6 Å². The number of para-hydroxylation sites is 2. The predicted molar refractivity (Wildman–Crippen MR) is 49.6 cm³/mol. The maximum Gasteiger partial charge on any atom is 0.0931 e. The number of aromatic amines is 1. The molecule has 1 N–H and O–H groups in total. The van der Waals surface area contributed by atoms with Crippen LogP contribution in [0.4, 0.5) is 0 Å². The molecule has 0 amide bonds. The molecular weight excluding hydrogens is 136 g/mol. The Bertz CT molecular complexity index is 287. The highest BCUT2D eigenvalue weighted by Gasteiger charge is 1.88. The first kappa shape index (κ1) is 7.79. The number of imidazole rings is 1. The van der Waals surface area contributed by atoms with E-state index in [1.165, 1.54) is 0 Å². The minimum Gasteiger partial charge on any atom is -0.345 e. The molecule has 1 aromatic carbocycles. The lowest BCUT2D eigenvalue weighted by molar-refractivity contribution is 1.34. The lowest BCUT2D eigenvalue weighted by Crippen LogP contribution is -1.63. The van der Waals surface area contributed by atoms with Gasteiger partial charge in [-0.15, -0.1) is 0 Å². The van der Waals surface area contributed by atoms with Gasteiger partial charge in [0.2, 0.25) is 0 Å². The standard InChI is InChI=1S/C7H6N2.C2H6.H2/c1-2-4-7-6(3-1)8-5-9-7;1-2;/h1-5H,(H,8,9);1-2H3;1H. The van der Waals surface area contributed by atoms with Crippen LogP contribution in [-0.4, -0.2) is 9.97 Å². The van der Waals surface area contributed by atoms with E-state index in [4.69, 9.17) is 0 Å². The first-order valence-electron chi connectivity index (χ1n) is 3.85. The fraction of sp³-hybridized carbons (Fsp3) is 0.222. The average Bonchev–Trinajstić information content (AvgIpc) is 2.55. The third-order valence-corrected chi connectivity index (χ3v) is 1.33. The van der Waals surface area contributed by atoms with E-state index in [9.17, 15) is 0 Å². The van der Waals surface area contributed by atoms with E-state index < -0.39 is 0 Å². The van der Waals surface area contributed by atoms with Gasteiger partial charge >= 0.3 is 0 Å². The summed E-state index contributed by atoms with van der Waals surface area (Å²) in [5, 5.41) is 0. The normalized spacial score (nSPS) is 8.91. The zero-order chi connectivity index (χ0) is 8.10. The van der Waals surface area contributed by atoms with E-state index in [1.54, 1.807) is 6.33 Å². The largest absolute Gasteiger partial charge is 0.345 e. The number of rotatable bonds is 0. The van der Waals surface area contributed by atoms with Crippen LogP contribution >= 0.6 is 0 Å². The summed E-state index contributed by atoms with van der Waals surface area (Å²) in [6.45, 7) is 4.00. The number of nitrogens with one attached hydrogen (secondary N) is 1. The molecule has 2 rings (SSSR count). The summed E-state index contributed by atoms with van der Waals surface area (Å²) in [5.41, 5.74) is 2.12. The van der Waals surface area contributed by atoms with E-state index in [0.717, 1.165) is 11.0 Å². The lowest BCUT2D eigenvalue weighted by atomic mass is 10.3. The quantitative estimate of drug-likeness (QED) is 0.614. The van der Waals surface area contributed by atoms with Gasteiger partial charge in [0.1, 0.15) is 0 Å². The van der Waals surface area contributed by atoms with Crippen LogP contribution in [0.2, 0.25) is 0 Å². The number of hydrogen-bond acceptors (Lipinski definition) is 1. The van der Waals surface area contributed by atoms with Crippen LogP contribution in [0.1, 0.15) is 15.3 Å². The monoisotopic (exact) mass is 150 g/mol. The Kier molecular flexibility index (Phi) is 2.66. The second kappa shape index (κ2) is 3.76. The Balaban J connectivity index is 0.000000378. The van der Waals surface area contributed by atoms with Crippen LogP contribution < -0.4 is 0 Å². The van der Waals surface area contributed by atoms with Gasteiger partial charge < -0.3 is 4.98 Å². The minimum absolute atomic E-state index is 0. The highest BCUT2D eigenvalue weighted by Crippen LogP contribution is 2.05. The van der Waals surface area contributed by atoms with Crippen molar-refractivity contribution in [2.24, 2.45) is 0 Å². The number of fused-ring (bicyclic) bond motifs is 1. The van der Waals surface area contributed by atoms with Crippen molar-refractivity contribution in [1.29, 1.82) is 0 Å². The molecule has 0 aliphatic rings. The summed E-state index contributed by atoms with van der Waals surface area (Å²) in [6, 6.07) is 7.94. The fourth-order valence-electron chi connectivity index (χ4n) is 0.880. The van der Waals surface area contributed by atoms with Crippen LogP contribution in [0.15, 0.2) is 30.6 Å². The highest BCUT2D eigenvalue weighted by molar-refractivity contribution is 5.73. The maximum atomic E-state index is 4.06. The number of H-pyrrole nitrogens is 1. The molecule has 0 fully saturated rings. The Morgan fingerprint density at radius 1 is 1.27 bits per heavy atom. The molecule has 0 saturated heterocycles. The first-order valence-corrected chi connectivity index (χ1v) is 3.85. The zero-order valence-electron chi connectivity index (χ0n) is 6.83. The van der Waals surface area contributed by atoms with Crippen molar-refractivity contribution in [2.75, 3.05) is 0 Å². The smallest absolute Gasteiger partial charge is 0.0931 e. The van der Waals surface area contributed by atoms with Crippen molar-refractivity contribution < 1.29 is 1.43 Å². The van der Waals surface area contributed by atoms with E-state index >= 15 is 0 Å². The van der Waals surface area contributed by atoms with Crippen molar-refractivity contribution in [1.82, 2.24) is 9.97 Å². The highest BCUT2D eigenvalue weighted by atomic mass is 14.9. The molecule has 1 aromatic heterocycles.